The number of aryl methyl sites for hydroxylation is 1. The number of sulfonamides is 1. The highest BCUT2D eigenvalue weighted by atomic mass is 32.2. The van der Waals surface area contributed by atoms with E-state index in [0.717, 1.165) is 35.1 Å². The molecule has 3 aromatic rings. The van der Waals surface area contributed by atoms with Gasteiger partial charge in [-0.15, -0.1) is 0 Å². The second kappa shape index (κ2) is 9.65. The number of carbonyl (C=O) groups excluding carboxylic acids is 1. The van der Waals surface area contributed by atoms with Crippen molar-refractivity contribution in [2.24, 2.45) is 5.14 Å². The number of aliphatic hydroxyl groups is 1. The number of piperidine rings is 1. The largest absolute Gasteiger partial charge is 0.386 e. The summed E-state index contributed by atoms with van der Waals surface area (Å²) in [4.78, 5) is 25.1. The molecule has 3 heterocycles. The number of primary sulfonamides is 1. The number of hydrogen-bond acceptors (Lipinski definition) is 7. The fourth-order valence-corrected chi connectivity index (χ4v) is 5.03. The van der Waals surface area contributed by atoms with Gasteiger partial charge in [-0.05, 0) is 49.1 Å². The van der Waals surface area contributed by atoms with Crippen LogP contribution in [0.4, 0.5) is 5.69 Å². The van der Waals surface area contributed by atoms with E-state index in [-0.39, 0.29) is 23.8 Å². The van der Waals surface area contributed by atoms with Crippen LogP contribution in [0.15, 0.2) is 59.9 Å². The van der Waals surface area contributed by atoms with Crippen molar-refractivity contribution in [1.29, 1.82) is 0 Å². The second-order valence-corrected chi connectivity index (χ2v) is 10.5. The summed E-state index contributed by atoms with van der Waals surface area (Å²) in [5.41, 5.74) is 1.64. The van der Waals surface area contributed by atoms with Gasteiger partial charge in [0.25, 0.3) is 0 Å². The van der Waals surface area contributed by atoms with E-state index in [1.807, 2.05) is 12.1 Å². The van der Waals surface area contributed by atoms with E-state index >= 15 is 0 Å². The molecule has 1 aliphatic rings. The summed E-state index contributed by atoms with van der Waals surface area (Å²) >= 11 is 0. The Labute approximate surface area is 199 Å². The van der Waals surface area contributed by atoms with Gasteiger partial charge >= 0.3 is 0 Å². The lowest BCUT2D eigenvalue weighted by Crippen LogP contribution is -2.54. The van der Waals surface area contributed by atoms with Gasteiger partial charge in [0.15, 0.2) is 0 Å². The van der Waals surface area contributed by atoms with Gasteiger partial charge in [-0.1, -0.05) is 12.1 Å². The number of pyridine rings is 2. The summed E-state index contributed by atoms with van der Waals surface area (Å²) in [6.45, 7) is 1.45. The Bertz CT molecular complexity index is 1280. The van der Waals surface area contributed by atoms with E-state index in [1.165, 1.54) is 12.1 Å². The van der Waals surface area contributed by atoms with Crippen LogP contribution in [-0.4, -0.2) is 66.6 Å². The lowest BCUT2D eigenvalue weighted by atomic mass is 9.91. The molecule has 2 aromatic heterocycles. The van der Waals surface area contributed by atoms with Gasteiger partial charge in [0, 0.05) is 56.2 Å². The Balaban J connectivity index is 1.37. The Kier molecular flexibility index (Phi) is 6.83. The van der Waals surface area contributed by atoms with Crippen LogP contribution in [0.1, 0.15) is 24.8 Å². The molecule has 0 spiro atoms. The molecule has 0 radical (unpaired) electrons. The second-order valence-electron chi connectivity index (χ2n) is 8.91. The summed E-state index contributed by atoms with van der Waals surface area (Å²) in [6, 6.07) is 10.0. The molecular formula is C24H29N5O4S. The minimum Gasteiger partial charge on any atom is -0.386 e. The molecule has 1 aliphatic heterocycles. The zero-order valence-corrected chi connectivity index (χ0v) is 19.9. The lowest BCUT2D eigenvalue weighted by Gasteiger charge is -2.42. The summed E-state index contributed by atoms with van der Waals surface area (Å²) < 4.78 is 22.8. The number of nitrogens with two attached hydrogens (primary N) is 1. The van der Waals surface area contributed by atoms with Crippen LogP contribution < -0.4 is 10.0 Å². The normalized spacial score (nSPS) is 18.7. The number of rotatable bonds is 7. The lowest BCUT2D eigenvalue weighted by molar-refractivity contribution is -0.133. The number of carbonyl (C=O) groups is 1. The van der Waals surface area contributed by atoms with Crippen LogP contribution >= 0.6 is 0 Å². The van der Waals surface area contributed by atoms with E-state index in [1.54, 1.807) is 42.7 Å². The number of aromatic nitrogens is 2. The zero-order chi connectivity index (χ0) is 24.3. The van der Waals surface area contributed by atoms with Gasteiger partial charge in [-0.25, -0.2) is 13.6 Å². The van der Waals surface area contributed by atoms with Crippen LogP contribution in [0.2, 0.25) is 0 Å². The van der Waals surface area contributed by atoms with E-state index in [4.69, 9.17) is 5.14 Å². The van der Waals surface area contributed by atoms with E-state index in [0.29, 0.717) is 19.4 Å². The standard InChI is InChI=1S/C24H29N5O4S/c1-28(23(30)8-5-18-3-6-19(7-4-18)34(25,32)33)16-24(31)11-2-14-29(17-24)22-10-13-27-21-9-12-26-15-20(21)22/h3-4,6-7,9-10,12-13,15,31H,2,5,8,11,14,16-17H2,1H3,(H2,25,32,33). The van der Waals surface area contributed by atoms with Gasteiger partial charge in [0.2, 0.25) is 15.9 Å². The molecule has 3 N–H and O–H groups in total. The molecular weight excluding hydrogens is 454 g/mol. The number of amides is 1. The van der Waals surface area contributed by atoms with Crippen LogP contribution in [0, 0.1) is 0 Å². The molecule has 1 unspecified atom stereocenters. The SMILES string of the molecule is CN(CC1(O)CCCN(c2ccnc3ccncc23)C1)C(=O)CCc1ccc(S(N)(=O)=O)cc1. The topological polar surface area (TPSA) is 130 Å². The Morgan fingerprint density at radius 2 is 1.97 bits per heavy atom. The molecule has 34 heavy (non-hydrogen) atoms. The van der Waals surface area contributed by atoms with Gasteiger partial charge in [0.05, 0.1) is 22.6 Å². The molecule has 1 amide bonds. The molecule has 1 fully saturated rings. The number of hydrogen-bond donors (Lipinski definition) is 2. The highest BCUT2D eigenvalue weighted by Crippen LogP contribution is 2.31. The van der Waals surface area contributed by atoms with Gasteiger partial charge in [0.1, 0.15) is 0 Å². The van der Waals surface area contributed by atoms with E-state index in [9.17, 15) is 18.3 Å². The van der Waals surface area contributed by atoms with Crippen molar-refractivity contribution in [1.82, 2.24) is 14.9 Å². The zero-order valence-electron chi connectivity index (χ0n) is 19.1. The molecule has 0 bridgehead atoms. The number of anilines is 1. The van der Waals surface area contributed by atoms with E-state index < -0.39 is 15.6 Å². The molecule has 9 nitrogen and oxygen atoms in total. The maximum Gasteiger partial charge on any atom is 0.238 e. The van der Waals surface area contributed by atoms with Gasteiger partial charge in [-0.3, -0.25) is 14.8 Å². The fraction of sp³-hybridized carbons (Fsp3) is 0.375. The highest BCUT2D eigenvalue weighted by molar-refractivity contribution is 7.89. The molecule has 0 aliphatic carbocycles. The summed E-state index contributed by atoms with van der Waals surface area (Å²) in [7, 11) is -2.03. The first-order chi connectivity index (χ1) is 16.1. The van der Waals surface area contributed by atoms with Crippen molar-refractivity contribution in [3.05, 3.63) is 60.6 Å². The minimum atomic E-state index is -3.74. The average molecular weight is 484 g/mol. The van der Waals surface area contributed by atoms with Crippen LogP contribution in [0.3, 0.4) is 0 Å². The third-order valence-electron chi connectivity index (χ3n) is 6.25. The Morgan fingerprint density at radius 1 is 1.21 bits per heavy atom. The van der Waals surface area contributed by atoms with Gasteiger partial charge < -0.3 is 14.9 Å². The fourth-order valence-electron chi connectivity index (χ4n) is 4.52. The van der Waals surface area contributed by atoms with Crippen molar-refractivity contribution in [2.45, 2.75) is 36.2 Å². The monoisotopic (exact) mass is 483 g/mol. The molecule has 1 aromatic carbocycles. The molecule has 1 atom stereocenters. The molecule has 0 saturated carbocycles. The quantitative estimate of drug-likeness (QED) is 0.523. The van der Waals surface area contributed by atoms with Crippen molar-refractivity contribution < 1.29 is 18.3 Å². The summed E-state index contributed by atoms with van der Waals surface area (Å²) in [6.07, 6.45) is 7.39. The Morgan fingerprint density at radius 3 is 2.71 bits per heavy atom. The first-order valence-corrected chi connectivity index (χ1v) is 12.7. The third-order valence-corrected chi connectivity index (χ3v) is 7.18. The molecule has 10 heteroatoms. The van der Waals surface area contributed by atoms with Crippen molar-refractivity contribution in [2.75, 3.05) is 31.6 Å². The number of likely N-dealkylation sites (N-methyl/N-ethyl adjacent to an activating group) is 1. The predicted molar refractivity (Wildman–Crippen MR) is 130 cm³/mol. The third kappa shape index (κ3) is 5.52. The first-order valence-electron chi connectivity index (χ1n) is 11.2. The van der Waals surface area contributed by atoms with Crippen LogP contribution in [-0.2, 0) is 21.2 Å². The van der Waals surface area contributed by atoms with Crippen molar-refractivity contribution >= 4 is 32.5 Å². The van der Waals surface area contributed by atoms with Crippen molar-refractivity contribution in [3.63, 3.8) is 0 Å². The average Bonchev–Trinajstić information content (AvgIpc) is 2.81. The van der Waals surface area contributed by atoms with Crippen molar-refractivity contribution in [3.8, 4) is 0 Å². The highest BCUT2D eigenvalue weighted by Gasteiger charge is 2.36. The summed E-state index contributed by atoms with van der Waals surface area (Å²) in [5, 5.41) is 17.4. The number of β-amino-alcohol motifs (C(OH)–C–C–N with tert-alkyl or cyclic N) is 1. The number of benzene rings is 1. The smallest absolute Gasteiger partial charge is 0.238 e. The Hall–Kier alpha value is -3.08. The summed E-state index contributed by atoms with van der Waals surface area (Å²) in [5.74, 6) is -0.0837. The number of fused-ring (bicyclic) bond motifs is 1. The number of nitrogens with zero attached hydrogens (tertiary/aromatic N) is 4. The van der Waals surface area contributed by atoms with Crippen LogP contribution in [0.5, 0.6) is 0 Å². The first kappa shape index (κ1) is 24.1. The maximum absolute atomic E-state index is 12.8. The predicted octanol–water partition coefficient (Wildman–Crippen LogP) is 1.70. The molecule has 180 valence electrons. The van der Waals surface area contributed by atoms with Crippen LogP contribution in [0.25, 0.3) is 10.9 Å². The van der Waals surface area contributed by atoms with Gasteiger partial charge in [-0.2, -0.15) is 0 Å². The minimum absolute atomic E-state index is 0.0431. The molecule has 1 saturated heterocycles. The van der Waals surface area contributed by atoms with E-state index in [2.05, 4.69) is 14.9 Å². The molecule has 4 rings (SSSR count). The maximum atomic E-state index is 12.8.